The molecule has 12 nitrogen and oxygen atoms in total. The van der Waals surface area contributed by atoms with Crippen LogP contribution in [0, 0.1) is 50.9 Å². The summed E-state index contributed by atoms with van der Waals surface area (Å²) in [6, 6.07) is 32.0. The van der Waals surface area contributed by atoms with Gasteiger partial charge in [-0.3, -0.25) is 19.2 Å². The number of aromatic nitrogens is 3. The highest BCUT2D eigenvalue weighted by molar-refractivity contribution is 14.1. The van der Waals surface area contributed by atoms with E-state index in [-0.39, 0.29) is 52.0 Å². The number of rotatable bonds is 8. The fourth-order valence-corrected chi connectivity index (χ4v) is 12.2. The molecule has 3 aliphatic rings. The summed E-state index contributed by atoms with van der Waals surface area (Å²) in [6.45, 7) is 21.0. The molecule has 5 heterocycles. The number of aryl methyl sites for hydroxylation is 9. The second-order valence-corrected chi connectivity index (χ2v) is 25.9. The van der Waals surface area contributed by atoms with E-state index in [0.717, 1.165) is 65.6 Å². The van der Waals surface area contributed by atoms with Crippen molar-refractivity contribution in [1.29, 1.82) is 0 Å². The smallest absolute Gasteiger partial charge is 0.492 e. The van der Waals surface area contributed by atoms with Crippen molar-refractivity contribution >= 4 is 73.0 Å². The van der Waals surface area contributed by atoms with Gasteiger partial charge in [-0.15, -0.1) is 0 Å². The molecule has 0 radical (unpaired) electrons. The van der Waals surface area contributed by atoms with Gasteiger partial charge in [0, 0.05) is 93.6 Å². The average Bonchev–Trinajstić information content (AvgIpc) is 3.43. The Morgan fingerprint density at radius 3 is 1.66 bits per heavy atom. The first-order valence-electron chi connectivity index (χ1n) is 28.0. The largest absolute Gasteiger partial charge is 0.496 e. The van der Waals surface area contributed by atoms with Crippen LogP contribution in [0.2, 0.25) is 0 Å². The van der Waals surface area contributed by atoms with Gasteiger partial charge in [-0.1, -0.05) is 74.3 Å². The van der Waals surface area contributed by atoms with Crippen LogP contribution in [-0.2, 0) is 46.4 Å². The average molecular weight is 1390 g/mol. The minimum atomic E-state index is -0.416. The zero-order chi connectivity index (χ0) is 62.0. The number of nitrogens with zero attached hydrogens (tertiary/aromatic N) is 3. The zero-order valence-corrected chi connectivity index (χ0v) is 56.0. The lowest BCUT2D eigenvalue weighted by Crippen LogP contribution is -2.41. The number of carbonyl (C=O) groups excluding carboxylic acids is 1. The van der Waals surface area contributed by atoms with Gasteiger partial charge in [0.2, 0.25) is 16.7 Å². The Labute approximate surface area is 528 Å². The van der Waals surface area contributed by atoms with Gasteiger partial charge < -0.3 is 37.2 Å². The lowest BCUT2D eigenvalue weighted by molar-refractivity contribution is -0.141. The van der Waals surface area contributed by atoms with Gasteiger partial charge in [-0.05, 0) is 219 Å². The minimum absolute atomic E-state index is 0.0132. The van der Waals surface area contributed by atoms with Gasteiger partial charge in [0.15, 0.2) is 0 Å². The summed E-state index contributed by atoms with van der Waals surface area (Å²) in [7, 11) is 6.21. The maximum Gasteiger partial charge on any atom is 0.496 e. The van der Waals surface area contributed by atoms with Crippen LogP contribution in [0.5, 0.6) is 11.5 Å². The van der Waals surface area contributed by atoms with Crippen LogP contribution in [0.25, 0.3) is 33.4 Å². The number of halogens is 4. The monoisotopic (exact) mass is 1390 g/mol. The molecule has 0 saturated carbocycles. The van der Waals surface area contributed by atoms with Crippen molar-refractivity contribution in [2.75, 3.05) is 13.7 Å². The van der Waals surface area contributed by atoms with Gasteiger partial charge in [0.25, 0.3) is 0 Å². The molecule has 0 amide bonds. The first kappa shape index (κ1) is 64.6. The number of carbonyl (C=O) groups is 1. The third-order valence-electron chi connectivity index (χ3n) is 16.2. The summed E-state index contributed by atoms with van der Waals surface area (Å²) in [5.74, 6) is 0.713. The minimum Gasteiger partial charge on any atom is -0.492 e. The van der Waals surface area contributed by atoms with Gasteiger partial charge in [0.1, 0.15) is 23.4 Å². The van der Waals surface area contributed by atoms with Gasteiger partial charge >= 0.3 is 13.1 Å². The SMILES string of the molecule is COC(=O)C[C@@H]1COc2cc(O[C@@H]3CCc4c(-c5c(C)cc(-c6ccc(=O)n(C)c6)cc5C)ccc(F)c43)ccc21.Cc1cc(-c2ccc(=O)n(C)c2)cc(C)c1Br.Cc1cc(I)cc(C)c1Br.Cn1cc(B2OC(C)(C)C(C)(C)O2)ccc1=O. The number of hydrogen-bond acceptors (Lipinski definition) is 9. The van der Waals surface area contributed by atoms with Crippen LogP contribution >= 0.6 is 54.5 Å². The number of methoxy groups -OCH3 is 1. The van der Waals surface area contributed by atoms with E-state index in [1.165, 1.54) is 48.0 Å². The van der Waals surface area contributed by atoms with Gasteiger partial charge in [-0.25, -0.2) is 4.39 Å². The Bertz CT molecular complexity index is 3960. The summed E-state index contributed by atoms with van der Waals surface area (Å²) in [4.78, 5) is 46.3. The molecule has 11 rings (SSSR count). The molecule has 2 atom stereocenters. The maximum absolute atomic E-state index is 15.3. The van der Waals surface area contributed by atoms with E-state index in [1.807, 2.05) is 76.5 Å². The van der Waals surface area contributed by atoms with Gasteiger partial charge in [0.05, 0.1) is 31.3 Å². The van der Waals surface area contributed by atoms with Crippen LogP contribution < -0.4 is 31.6 Å². The van der Waals surface area contributed by atoms with Crippen molar-refractivity contribution < 1.29 is 32.7 Å². The number of fused-ring (bicyclic) bond motifs is 2. The number of ether oxygens (including phenoxy) is 3. The summed E-state index contributed by atoms with van der Waals surface area (Å²) in [5.41, 5.74) is 16.1. The summed E-state index contributed by atoms with van der Waals surface area (Å²) in [6.07, 6.45) is 6.68. The van der Waals surface area contributed by atoms with Crippen LogP contribution in [-0.4, -0.2) is 51.7 Å². The third kappa shape index (κ3) is 14.7. The van der Waals surface area contributed by atoms with Crippen molar-refractivity contribution in [3.8, 4) is 44.9 Å². The summed E-state index contributed by atoms with van der Waals surface area (Å²) in [5, 5.41) is 0. The predicted octanol–water partition coefficient (Wildman–Crippen LogP) is 14.4. The highest BCUT2D eigenvalue weighted by Crippen LogP contribution is 2.46. The van der Waals surface area contributed by atoms with E-state index in [1.54, 1.807) is 60.7 Å². The van der Waals surface area contributed by atoms with Crippen LogP contribution in [0.1, 0.15) is 103 Å². The molecule has 1 aliphatic carbocycles. The Kier molecular flexibility index (Phi) is 20.3. The highest BCUT2D eigenvalue weighted by Gasteiger charge is 2.52. The molecule has 0 spiro atoms. The maximum atomic E-state index is 15.3. The van der Waals surface area contributed by atoms with Crippen LogP contribution in [0.3, 0.4) is 0 Å². The Morgan fingerprint density at radius 1 is 0.659 bits per heavy atom. The second-order valence-electron chi connectivity index (χ2n) is 23.1. The molecule has 0 N–H and O–H groups in total. The fourth-order valence-electron chi connectivity index (χ4n) is 10.8. The number of pyridine rings is 3. The molecule has 17 heteroatoms. The first-order chi connectivity index (χ1) is 40.1. The molecule has 0 unspecified atom stereocenters. The normalized spacial score (nSPS) is 15.9. The summed E-state index contributed by atoms with van der Waals surface area (Å²) < 4.78 is 52.5. The van der Waals surface area contributed by atoms with Crippen molar-refractivity contribution in [1.82, 2.24) is 13.7 Å². The van der Waals surface area contributed by atoms with Gasteiger partial charge in [-0.2, -0.15) is 0 Å². The first-order valence-corrected chi connectivity index (χ1v) is 30.7. The van der Waals surface area contributed by atoms with Crippen LogP contribution in [0.4, 0.5) is 4.39 Å². The fraction of sp³-hybridized carbons (Fsp3) is 0.324. The second kappa shape index (κ2) is 26.7. The molecular formula is C68H72BBr2FIN3O9. The highest BCUT2D eigenvalue weighted by atomic mass is 127. The third-order valence-corrected chi connectivity index (χ3v) is 19.3. The molecule has 3 aromatic heterocycles. The molecule has 2 aliphatic heterocycles. The van der Waals surface area contributed by atoms with E-state index in [4.69, 9.17) is 23.5 Å². The predicted molar refractivity (Wildman–Crippen MR) is 353 cm³/mol. The van der Waals surface area contributed by atoms with Crippen molar-refractivity contribution in [3.05, 3.63) is 221 Å². The molecule has 444 valence electrons. The van der Waals surface area contributed by atoms with E-state index < -0.39 is 13.2 Å². The van der Waals surface area contributed by atoms with Crippen molar-refractivity contribution in [3.63, 3.8) is 0 Å². The number of hydrogen-bond donors (Lipinski definition) is 0. The van der Waals surface area contributed by atoms with E-state index in [9.17, 15) is 19.2 Å². The van der Waals surface area contributed by atoms with Crippen LogP contribution in [0.15, 0.2) is 145 Å². The Balaban J connectivity index is 0.000000175. The molecule has 8 aromatic rings. The Hall–Kier alpha value is -6.38. The zero-order valence-electron chi connectivity index (χ0n) is 50.6. The quantitative estimate of drug-likeness (QED) is 0.0829. The van der Waals surface area contributed by atoms with Crippen molar-refractivity contribution in [2.24, 2.45) is 21.1 Å². The molecule has 1 saturated heterocycles. The van der Waals surface area contributed by atoms with Crippen molar-refractivity contribution in [2.45, 2.75) is 112 Å². The molecule has 5 aromatic carbocycles. The number of benzene rings is 5. The topological polar surface area (TPSA) is 129 Å². The van der Waals surface area contributed by atoms with E-state index >= 15 is 4.39 Å². The summed E-state index contributed by atoms with van der Waals surface area (Å²) >= 11 is 9.39. The lowest BCUT2D eigenvalue weighted by atomic mass is 9.80. The molecule has 85 heavy (non-hydrogen) atoms. The molecule has 1 fully saturated rings. The lowest BCUT2D eigenvalue weighted by Gasteiger charge is -2.32. The standard InChI is InChI=1S/C34H32FNO5.C14H14BrNO.C12H18BNO3.C8H8BrI/c1-19-13-22(21-5-12-31(37)36(3)17-21)14-20(2)33(19)26-8-10-28(35)34-27(26)9-11-29(34)41-24-6-7-25-23(15-32(38)39-4)18-40-30(25)16-24;1-9-6-12(7-10(2)14(9)15)11-4-5-13(17)16(3)8-11;1-11(2)12(3,4)17-13(16-11)9-6-7-10(15)14(5)8-9;1-5-3-7(10)4-6(2)8(5)9/h5-8,10,12-14,16-17,23,29H,9,11,15,18H2,1-4H3;4-8H,1-3H3;6-8H,1-5H3;3-4H,1-2H3/t23-,29-;;;/m1.../s1. The number of esters is 1. The van der Waals surface area contributed by atoms with E-state index in [0.29, 0.717) is 36.5 Å². The Morgan fingerprint density at radius 2 is 1.15 bits per heavy atom. The molecular weight excluding hydrogens is 1320 g/mol. The molecule has 0 bridgehead atoms. The van der Waals surface area contributed by atoms with E-state index in [2.05, 4.69) is 132 Å².